The van der Waals surface area contributed by atoms with E-state index in [9.17, 15) is 4.79 Å². The fraction of sp³-hybridized carbons (Fsp3) is 0.333. The maximum Gasteiger partial charge on any atom is 0.243 e. The smallest absolute Gasteiger partial charge is 0.243 e. The highest BCUT2D eigenvalue weighted by Crippen LogP contribution is 2.00. The largest absolute Gasteiger partial charge is 0.277 e. The molecule has 1 amide bonds. The Hall–Kier alpha value is -1.42. The van der Waals surface area contributed by atoms with E-state index < -0.39 is 0 Å². The van der Waals surface area contributed by atoms with Crippen LogP contribution in [0.4, 0.5) is 0 Å². The molecule has 1 aromatic rings. The van der Waals surface area contributed by atoms with Gasteiger partial charge in [0.2, 0.25) is 5.91 Å². The SMILES string of the molecule is CONC(=O)CCc1ccncc1. The lowest BCUT2D eigenvalue weighted by Gasteiger charge is -2.01. The van der Waals surface area contributed by atoms with E-state index in [4.69, 9.17) is 0 Å². The Balaban J connectivity index is 2.31. The zero-order chi connectivity index (χ0) is 9.52. The van der Waals surface area contributed by atoms with Crippen LogP contribution in [-0.2, 0) is 16.1 Å². The first-order valence-corrected chi connectivity index (χ1v) is 4.03. The van der Waals surface area contributed by atoms with Crippen LogP contribution in [0, 0.1) is 0 Å². The molecule has 0 spiro atoms. The molecule has 0 radical (unpaired) electrons. The van der Waals surface area contributed by atoms with Crippen molar-refractivity contribution in [2.75, 3.05) is 7.11 Å². The van der Waals surface area contributed by atoms with E-state index in [1.807, 2.05) is 12.1 Å². The summed E-state index contributed by atoms with van der Waals surface area (Å²) in [5.41, 5.74) is 3.36. The van der Waals surface area contributed by atoms with Crippen molar-refractivity contribution >= 4 is 5.91 Å². The van der Waals surface area contributed by atoms with Crippen molar-refractivity contribution in [2.24, 2.45) is 0 Å². The number of hydrogen-bond donors (Lipinski definition) is 1. The molecule has 0 saturated heterocycles. The minimum Gasteiger partial charge on any atom is -0.277 e. The van der Waals surface area contributed by atoms with Crippen LogP contribution in [0.15, 0.2) is 24.5 Å². The molecule has 0 saturated carbocycles. The molecule has 0 aromatic carbocycles. The van der Waals surface area contributed by atoms with E-state index in [1.54, 1.807) is 12.4 Å². The number of aryl methyl sites for hydroxylation is 1. The number of amides is 1. The summed E-state index contributed by atoms with van der Waals surface area (Å²) in [4.78, 5) is 19.3. The van der Waals surface area contributed by atoms with Crippen molar-refractivity contribution in [3.63, 3.8) is 0 Å². The van der Waals surface area contributed by atoms with Crippen LogP contribution >= 0.6 is 0 Å². The van der Waals surface area contributed by atoms with Crippen LogP contribution < -0.4 is 5.48 Å². The quantitative estimate of drug-likeness (QED) is 0.693. The van der Waals surface area contributed by atoms with Gasteiger partial charge in [0.25, 0.3) is 0 Å². The molecule has 4 nitrogen and oxygen atoms in total. The molecule has 1 heterocycles. The summed E-state index contributed by atoms with van der Waals surface area (Å²) < 4.78 is 0. The van der Waals surface area contributed by atoms with E-state index in [-0.39, 0.29) is 5.91 Å². The first kappa shape index (κ1) is 9.67. The highest BCUT2D eigenvalue weighted by Gasteiger charge is 2.00. The van der Waals surface area contributed by atoms with Gasteiger partial charge >= 0.3 is 0 Å². The van der Waals surface area contributed by atoms with Crippen LogP contribution in [0.5, 0.6) is 0 Å². The Morgan fingerprint density at radius 2 is 2.23 bits per heavy atom. The van der Waals surface area contributed by atoms with E-state index in [0.717, 1.165) is 5.56 Å². The number of nitrogens with zero attached hydrogens (tertiary/aromatic N) is 1. The predicted molar refractivity (Wildman–Crippen MR) is 47.7 cm³/mol. The van der Waals surface area contributed by atoms with E-state index in [2.05, 4.69) is 15.3 Å². The van der Waals surface area contributed by atoms with Gasteiger partial charge in [-0.15, -0.1) is 0 Å². The summed E-state index contributed by atoms with van der Waals surface area (Å²) in [7, 11) is 1.42. The molecule has 0 aliphatic carbocycles. The van der Waals surface area contributed by atoms with Crippen LogP contribution in [-0.4, -0.2) is 18.0 Å². The van der Waals surface area contributed by atoms with Crippen molar-refractivity contribution in [2.45, 2.75) is 12.8 Å². The molecule has 0 aliphatic heterocycles. The van der Waals surface area contributed by atoms with Gasteiger partial charge in [-0.1, -0.05) is 0 Å². The molecular formula is C9H12N2O2. The van der Waals surface area contributed by atoms with Crippen molar-refractivity contribution in [3.8, 4) is 0 Å². The van der Waals surface area contributed by atoms with Gasteiger partial charge in [-0.25, -0.2) is 5.48 Å². The van der Waals surface area contributed by atoms with Crippen molar-refractivity contribution in [3.05, 3.63) is 30.1 Å². The molecule has 0 aliphatic rings. The summed E-state index contributed by atoms with van der Waals surface area (Å²) in [6.07, 6.45) is 4.56. The van der Waals surface area contributed by atoms with Crippen LogP contribution in [0.2, 0.25) is 0 Å². The van der Waals surface area contributed by atoms with Crippen LogP contribution in [0.25, 0.3) is 0 Å². The summed E-state index contributed by atoms with van der Waals surface area (Å²) in [5, 5.41) is 0. The lowest BCUT2D eigenvalue weighted by Crippen LogP contribution is -2.21. The Kier molecular flexibility index (Phi) is 3.92. The van der Waals surface area contributed by atoms with Gasteiger partial charge in [0, 0.05) is 18.8 Å². The third-order valence-electron chi connectivity index (χ3n) is 1.61. The number of pyridine rings is 1. The maximum atomic E-state index is 11.0. The molecule has 4 heteroatoms. The molecule has 1 N–H and O–H groups in total. The average Bonchev–Trinajstić information content (AvgIpc) is 2.17. The van der Waals surface area contributed by atoms with Crippen molar-refractivity contribution < 1.29 is 9.63 Å². The van der Waals surface area contributed by atoms with E-state index in [0.29, 0.717) is 12.8 Å². The number of carbonyl (C=O) groups excluding carboxylic acids is 1. The average molecular weight is 180 g/mol. The topological polar surface area (TPSA) is 51.2 Å². The first-order chi connectivity index (χ1) is 6.33. The summed E-state index contributed by atoms with van der Waals surface area (Å²) in [6, 6.07) is 3.78. The number of aromatic nitrogens is 1. The fourth-order valence-electron chi connectivity index (χ4n) is 0.972. The second kappa shape index (κ2) is 5.27. The zero-order valence-corrected chi connectivity index (χ0v) is 7.49. The second-order valence-electron chi connectivity index (χ2n) is 2.58. The lowest BCUT2D eigenvalue weighted by atomic mass is 10.1. The first-order valence-electron chi connectivity index (χ1n) is 4.03. The van der Waals surface area contributed by atoms with E-state index >= 15 is 0 Å². The Morgan fingerprint density at radius 1 is 1.54 bits per heavy atom. The van der Waals surface area contributed by atoms with Gasteiger partial charge in [0.05, 0.1) is 7.11 Å². The number of carbonyl (C=O) groups is 1. The minimum absolute atomic E-state index is 0.112. The highest BCUT2D eigenvalue weighted by molar-refractivity contribution is 5.74. The van der Waals surface area contributed by atoms with Gasteiger partial charge in [-0.2, -0.15) is 0 Å². The number of hydrogen-bond acceptors (Lipinski definition) is 3. The maximum absolute atomic E-state index is 11.0. The van der Waals surface area contributed by atoms with Crippen LogP contribution in [0.3, 0.4) is 0 Å². The van der Waals surface area contributed by atoms with Crippen LogP contribution in [0.1, 0.15) is 12.0 Å². The number of hydroxylamine groups is 1. The third-order valence-corrected chi connectivity index (χ3v) is 1.61. The van der Waals surface area contributed by atoms with E-state index in [1.165, 1.54) is 7.11 Å². The number of nitrogens with one attached hydrogen (secondary N) is 1. The molecular weight excluding hydrogens is 168 g/mol. The minimum atomic E-state index is -0.112. The summed E-state index contributed by atoms with van der Waals surface area (Å²) >= 11 is 0. The predicted octanol–water partition coefficient (Wildman–Crippen LogP) is 0.692. The Morgan fingerprint density at radius 3 is 2.85 bits per heavy atom. The molecule has 13 heavy (non-hydrogen) atoms. The van der Waals surface area contributed by atoms with Gasteiger partial charge < -0.3 is 0 Å². The molecule has 70 valence electrons. The standard InChI is InChI=1S/C9H12N2O2/c1-13-11-9(12)3-2-8-4-6-10-7-5-8/h4-7H,2-3H2,1H3,(H,11,12). The molecule has 1 aromatic heterocycles. The second-order valence-corrected chi connectivity index (χ2v) is 2.58. The summed E-state index contributed by atoms with van der Waals surface area (Å²) in [5.74, 6) is -0.112. The monoisotopic (exact) mass is 180 g/mol. The molecule has 1 rings (SSSR count). The van der Waals surface area contributed by atoms with Gasteiger partial charge in [0.1, 0.15) is 0 Å². The molecule has 0 fully saturated rings. The zero-order valence-electron chi connectivity index (χ0n) is 7.49. The fourth-order valence-corrected chi connectivity index (χ4v) is 0.972. The molecule has 0 unspecified atom stereocenters. The molecule has 0 atom stereocenters. The Labute approximate surface area is 76.9 Å². The van der Waals surface area contributed by atoms with Crippen molar-refractivity contribution in [1.29, 1.82) is 0 Å². The van der Waals surface area contributed by atoms with Gasteiger partial charge in [-0.3, -0.25) is 14.6 Å². The third kappa shape index (κ3) is 3.66. The highest BCUT2D eigenvalue weighted by atomic mass is 16.6. The normalized spacial score (nSPS) is 9.62. The number of rotatable bonds is 4. The summed E-state index contributed by atoms with van der Waals surface area (Å²) in [6.45, 7) is 0. The Bertz CT molecular complexity index is 262. The lowest BCUT2D eigenvalue weighted by molar-refractivity contribution is -0.131. The molecule has 0 bridgehead atoms. The van der Waals surface area contributed by atoms with Crippen molar-refractivity contribution in [1.82, 2.24) is 10.5 Å². The van der Waals surface area contributed by atoms with Gasteiger partial charge in [-0.05, 0) is 24.1 Å². The van der Waals surface area contributed by atoms with Gasteiger partial charge in [0.15, 0.2) is 0 Å².